The molecule has 0 unspecified atom stereocenters. The molecule has 106 valence electrons. The second kappa shape index (κ2) is 5.40. The maximum absolute atomic E-state index is 11.4. The zero-order valence-corrected chi connectivity index (χ0v) is 13.5. The molecule has 0 spiro atoms. The second-order valence-electron chi connectivity index (χ2n) is 6.37. The van der Waals surface area contributed by atoms with Gasteiger partial charge < -0.3 is 9.31 Å². The van der Waals surface area contributed by atoms with Crippen molar-refractivity contribution in [1.29, 1.82) is 0 Å². The van der Waals surface area contributed by atoms with Gasteiger partial charge in [0.1, 0.15) is 0 Å². The summed E-state index contributed by atoms with van der Waals surface area (Å²) in [6.45, 7) is 14.1. The van der Waals surface area contributed by atoms with Gasteiger partial charge in [-0.15, -0.1) is 0 Å². The van der Waals surface area contributed by atoms with Crippen LogP contribution in [0, 0.1) is 0 Å². The van der Waals surface area contributed by atoms with E-state index in [0.29, 0.717) is 0 Å². The van der Waals surface area contributed by atoms with Gasteiger partial charge in [-0.05, 0) is 0 Å². The van der Waals surface area contributed by atoms with E-state index in [1.165, 1.54) is 13.8 Å². The van der Waals surface area contributed by atoms with Gasteiger partial charge in [-0.1, -0.05) is 41.5 Å². The Morgan fingerprint density at radius 3 is 1.44 bits per heavy atom. The molecule has 0 N–H and O–H groups in total. The van der Waals surface area contributed by atoms with Crippen molar-refractivity contribution < 1.29 is 23.5 Å². The van der Waals surface area contributed by atoms with Crippen molar-refractivity contribution in [2.24, 2.45) is 0 Å². The van der Waals surface area contributed by atoms with Crippen LogP contribution in [0.4, 0.5) is 0 Å². The molecular formula is C12H24O5Si. The molecule has 0 aromatic carbocycles. The molecule has 18 heavy (non-hydrogen) atoms. The number of hydrogen-bond acceptors (Lipinski definition) is 5. The molecule has 0 bridgehead atoms. The molecule has 0 heterocycles. The second-order valence-corrected chi connectivity index (χ2v) is 11.0. The van der Waals surface area contributed by atoms with Gasteiger partial charge in [0.15, 0.2) is 0 Å². The smallest absolute Gasteiger partial charge is 0.458 e. The van der Waals surface area contributed by atoms with E-state index >= 15 is 0 Å². The van der Waals surface area contributed by atoms with E-state index in [9.17, 15) is 9.59 Å². The lowest BCUT2D eigenvalue weighted by Crippen LogP contribution is -2.58. The SMILES string of the molecule is CC(=O)OO[Si](OC(C)=O)(C(C)(C)C)C(C)(C)C. The van der Waals surface area contributed by atoms with Crippen molar-refractivity contribution in [3.8, 4) is 0 Å². The lowest BCUT2D eigenvalue weighted by molar-refractivity contribution is -0.231. The third-order valence-corrected chi connectivity index (χ3v) is 7.38. The first-order valence-corrected chi connectivity index (χ1v) is 7.71. The lowest BCUT2D eigenvalue weighted by Gasteiger charge is -2.45. The molecule has 0 fully saturated rings. The van der Waals surface area contributed by atoms with Crippen molar-refractivity contribution in [3.05, 3.63) is 0 Å². The Hall–Kier alpha value is -0.883. The van der Waals surface area contributed by atoms with Crippen LogP contribution in [-0.4, -0.2) is 20.5 Å². The first-order valence-electron chi connectivity index (χ1n) is 5.89. The standard InChI is InChI=1S/C12H24O5Si/c1-9(13)15-17-18(11(3,4)5,12(6,7)8)16-10(2)14/h1-8H3. The third kappa shape index (κ3) is 3.81. The van der Waals surface area contributed by atoms with E-state index in [4.69, 9.17) is 13.9 Å². The molecular weight excluding hydrogens is 252 g/mol. The first kappa shape index (κ1) is 17.1. The fraction of sp³-hybridized carbons (Fsp3) is 0.833. The fourth-order valence-electron chi connectivity index (χ4n) is 2.02. The van der Waals surface area contributed by atoms with Gasteiger partial charge in [-0.2, -0.15) is 4.58 Å². The molecule has 0 radical (unpaired) electrons. The summed E-state index contributed by atoms with van der Waals surface area (Å²) in [4.78, 5) is 27.1. The van der Waals surface area contributed by atoms with E-state index in [1.807, 2.05) is 41.5 Å². The van der Waals surface area contributed by atoms with Crippen LogP contribution >= 0.6 is 0 Å². The predicted molar refractivity (Wildman–Crippen MR) is 69.8 cm³/mol. The van der Waals surface area contributed by atoms with E-state index in [2.05, 4.69) is 0 Å². The number of hydrogen-bond donors (Lipinski definition) is 0. The zero-order chi connectivity index (χ0) is 14.8. The molecule has 0 aliphatic carbocycles. The molecule has 6 heteroatoms. The van der Waals surface area contributed by atoms with E-state index in [-0.39, 0.29) is 0 Å². The van der Waals surface area contributed by atoms with Crippen molar-refractivity contribution in [2.75, 3.05) is 0 Å². The molecule has 0 aliphatic rings. The average molecular weight is 276 g/mol. The van der Waals surface area contributed by atoms with Gasteiger partial charge in [-0.3, -0.25) is 4.79 Å². The molecule has 0 saturated carbocycles. The average Bonchev–Trinajstić information content (AvgIpc) is 2.06. The molecule has 0 saturated heterocycles. The van der Waals surface area contributed by atoms with Crippen LogP contribution in [0.2, 0.25) is 10.1 Å². The van der Waals surface area contributed by atoms with Crippen LogP contribution in [0.1, 0.15) is 55.4 Å². The van der Waals surface area contributed by atoms with Gasteiger partial charge in [0, 0.05) is 23.9 Å². The van der Waals surface area contributed by atoms with E-state index in [0.717, 1.165) is 0 Å². The van der Waals surface area contributed by atoms with Crippen LogP contribution in [-0.2, 0) is 23.5 Å². The summed E-state index contributed by atoms with van der Waals surface area (Å²) in [7, 11) is -3.12. The minimum Gasteiger partial charge on any atom is -0.491 e. The summed E-state index contributed by atoms with van der Waals surface area (Å²) in [6.07, 6.45) is 0. The summed E-state index contributed by atoms with van der Waals surface area (Å²) in [5.41, 5.74) is 0. The summed E-state index contributed by atoms with van der Waals surface area (Å²) in [5, 5.41) is -0.876. The van der Waals surface area contributed by atoms with Gasteiger partial charge in [0.25, 0.3) is 5.97 Å². The minimum atomic E-state index is -3.12. The molecule has 0 amide bonds. The Morgan fingerprint density at radius 2 is 1.22 bits per heavy atom. The molecule has 0 rings (SSSR count). The first-order chi connectivity index (χ1) is 7.83. The van der Waals surface area contributed by atoms with Crippen LogP contribution in [0.5, 0.6) is 0 Å². The zero-order valence-electron chi connectivity index (χ0n) is 12.5. The maximum Gasteiger partial charge on any atom is 0.458 e. The van der Waals surface area contributed by atoms with Crippen molar-refractivity contribution in [3.63, 3.8) is 0 Å². The third-order valence-electron chi connectivity index (χ3n) is 2.54. The van der Waals surface area contributed by atoms with Crippen LogP contribution in [0.25, 0.3) is 0 Å². The largest absolute Gasteiger partial charge is 0.491 e. The highest BCUT2D eigenvalue weighted by molar-refractivity contribution is 6.74. The van der Waals surface area contributed by atoms with Gasteiger partial charge in [0.2, 0.25) is 0 Å². The summed E-state index contributed by atoms with van der Waals surface area (Å²) < 4.78 is 10.9. The maximum atomic E-state index is 11.4. The number of carbonyl (C=O) groups excluding carboxylic acids is 2. The van der Waals surface area contributed by atoms with Crippen LogP contribution in [0.15, 0.2) is 0 Å². The fourth-order valence-corrected chi connectivity index (χ4v) is 6.05. The molecule has 5 nitrogen and oxygen atoms in total. The number of rotatable bonds is 3. The highest BCUT2D eigenvalue weighted by Crippen LogP contribution is 2.52. The lowest BCUT2D eigenvalue weighted by atomic mass is 10.2. The topological polar surface area (TPSA) is 61.8 Å². The van der Waals surface area contributed by atoms with Gasteiger partial charge in [-0.25, -0.2) is 4.79 Å². The molecule has 0 aliphatic heterocycles. The highest BCUT2D eigenvalue weighted by atomic mass is 28.4. The predicted octanol–water partition coefficient (Wildman–Crippen LogP) is 3.09. The minimum absolute atomic E-state index is 0.432. The Kier molecular flexibility index (Phi) is 5.13. The van der Waals surface area contributed by atoms with E-state index < -0.39 is 30.6 Å². The Balaban J connectivity index is 5.56. The Morgan fingerprint density at radius 1 is 0.833 bits per heavy atom. The summed E-state index contributed by atoms with van der Waals surface area (Å²) in [6, 6.07) is 0. The van der Waals surface area contributed by atoms with Gasteiger partial charge >= 0.3 is 14.5 Å². The monoisotopic (exact) mass is 276 g/mol. The van der Waals surface area contributed by atoms with Crippen molar-refractivity contribution in [2.45, 2.75) is 65.5 Å². The number of carbonyl (C=O) groups is 2. The molecule has 0 atom stereocenters. The quantitative estimate of drug-likeness (QED) is 0.450. The van der Waals surface area contributed by atoms with Crippen molar-refractivity contribution >= 4 is 20.5 Å². The highest BCUT2D eigenvalue weighted by Gasteiger charge is 2.63. The Labute approximate surface area is 110 Å². The van der Waals surface area contributed by atoms with Crippen LogP contribution in [0.3, 0.4) is 0 Å². The molecule has 0 aromatic rings. The normalized spacial score (nSPS) is 13.1. The van der Waals surface area contributed by atoms with Crippen molar-refractivity contribution in [1.82, 2.24) is 0 Å². The Bertz CT molecular complexity index is 310. The van der Waals surface area contributed by atoms with Gasteiger partial charge in [0.05, 0.1) is 0 Å². The van der Waals surface area contributed by atoms with E-state index in [1.54, 1.807) is 0 Å². The van der Waals surface area contributed by atoms with Crippen LogP contribution < -0.4 is 0 Å². The summed E-state index contributed by atoms with van der Waals surface area (Å²) in [5.74, 6) is -0.994. The molecule has 0 aromatic heterocycles. The summed E-state index contributed by atoms with van der Waals surface area (Å²) >= 11 is 0.